The van der Waals surface area contributed by atoms with E-state index in [2.05, 4.69) is 20.8 Å². The maximum atomic E-state index is 12.9. The minimum Gasteiger partial charge on any atom is -0.360 e. The van der Waals surface area contributed by atoms with Crippen molar-refractivity contribution in [1.82, 2.24) is 14.5 Å². The summed E-state index contributed by atoms with van der Waals surface area (Å²) in [5, 5.41) is 9.23. The third-order valence-corrected chi connectivity index (χ3v) is 4.60. The van der Waals surface area contributed by atoms with Gasteiger partial charge in [-0.15, -0.1) is 0 Å². The van der Waals surface area contributed by atoms with E-state index in [1.807, 2.05) is 32.0 Å². The lowest BCUT2D eigenvalue weighted by atomic mass is 10.1. The fraction of sp³-hybridized carbons (Fsp3) is 0.143. The maximum Gasteiger partial charge on any atom is 0.292 e. The fourth-order valence-electron chi connectivity index (χ4n) is 2.97. The minimum atomic E-state index is -0.479. The molecule has 3 aromatic heterocycles. The Labute approximate surface area is 166 Å². The van der Waals surface area contributed by atoms with Gasteiger partial charge in [0.25, 0.3) is 11.8 Å². The van der Waals surface area contributed by atoms with Crippen molar-refractivity contribution in [3.63, 3.8) is 0 Å². The van der Waals surface area contributed by atoms with Crippen LogP contribution in [0.5, 0.6) is 0 Å². The highest BCUT2D eigenvalue weighted by atomic mass is 16.5. The number of imidazole rings is 1. The summed E-state index contributed by atoms with van der Waals surface area (Å²) in [5.74, 6) is 0.0764. The second-order valence-electron chi connectivity index (χ2n) is 6.77. The molecule has 8 nitrogen and oxygen atoms in total. The molecule has 0 radical (unpaired) electrons. The van der Waals surface area contributed by atoms with Crippen LogP contribution in [-0.4, -0.2) is 26.4 Å². The van der Waals surface area contributed by atoms with Gasteiger partial charge >= 0.3 is 0 Å². The third-order valence-electron chi connectivity index (χ3n) is 4.60. The first-order valence-electron chi connectivity index (χ1n) is 9.03. The molecule has 0 saturated heterocycles. The van der Waals surface area contributed by atoms with Gasteiger partial charge in [0.2, 0.25) is 5.82 Å². The second kappa shape index (κ2) is 7.23. The Morgan fingerprint density at radius 1 is 0.966 bits per heavy atom. The summed E-state index contributed by atoms with van der Waals surface area (Å²) in [4.78, 5) is 29.9. The number of nitrogens with one attached hydrogen (secondary N) is 2. The highest BCUT2D eigenvalue weighted by Gasteiger charge is 2.22. The normalized spacial score (nSPS) is 10.9. The molecule has 4 aromatic rings. The van der Waals surface area contributed by atoms with E-state index < -0.39 is 11.8 Å². The SMILES string of the molecule is Cc1cc(NC(=O)c2nc(C(=O)Nc3ccc(C)c(C)c3)n3ccccc23)no1. The topological polar surface area (TPSA) is 102 Å². The van der Waals surface area contributed by atoms with Crippen molar-refractivity contribution in [2.45, 2.75) is 20.8 Å². The number of aromatic nitrogens is 3. The number of benzene rings is 1. The van der Waals surface area contributed by atoms with E-state index in [9.17, 15) is 9.59 Å². The summed E-state index contributed by atoms with van der Waals surface area (Å²) in [6, 6.07) is 12.5. The molecule has 146 valence electrons. The van der Waals surface area contributed by atoms with Crippen LogP contribution >= 0.6 is 0 Å². The van der Waals surface area contributed by atoms with E-state index in [1.165, 1.54) is 0 Å². The molecule has 0 fully saturated rings. The maximum absolute atomic E-state index is 12.9. The van der Waals surface area contributed by atoms with Gasteiger partial charge in [0.1, 0.15) is 5.76 Å². The lowest BCUT2D eigenvalue weighted by Crippen LogP contribution is -2.16. The molecule has 2 N–H and O–H groups in total. The van der Waals surface area contributed by atoms with Crippen LogP contribution in [0.15, 0.2) is 53.2 Å². The molecule has 0 aliphatic carbocycles. The Balaban J connectivity index is 1.67. The molecular weight excluding hydrogens is 370 g/mol. The molecule has 0 unspecified atom stereocenters. The molecule has 0 atom stereocenters. The molecule has 3 heterocycles. The van der Waals surface area contributed by atoms with Crippen LogP contribution in [0.25, 0.3) is 5.52 Å². The van der Waals surface area contributed by atoms with Crippen molar-refractivity contribution < 1.29 is 14.1 Å². The van der Waals surface area contributed by atoms with E-state index in [0.29, 0.717) is 17.0 Å². The summed E-state index contributed by atoms with van der Waals surface area (Å²) < 4.78 is 6.54. The van der Waals surface area contributed by atoms with Gasteiger partial charge in [-0.05, 0) is 56.2 Å². The number of hydrogen-bond donors (Lipinski definition) is 2. The molecular formula is C21H19N5O3. The quantitative estimate of drug-likeness (QED) is 0.553. The van der Waals surface area contributed by atoms with Crippen molar-refractivity contribution in [2.75, 3.05) is 10.6 Å². The fourth-order valence-corrected chi connectivity index (χ4v) is 2.97. The van der Waals surface area contributed by atoms with Gasteiger partial charge in [-0.25, -0.2) is 4.98 Å². The third kappa shape index (κ3) is 3.60. The summed E-state index contributed by atoms with van der Waals surface area (Å²) in [7, 11) is 0. The van der Waals surface area contributed by atoms with E-state index in [1.54, 1.807) is 41.8 Å². The van der Waals surface area contributed by atoms with Crippen LogP contribution in [0.2, 0.25) is 0 Å². The number of fused-ring (bicyclic) bond motifs is 1. The first-order chi connectivity index (χ1) is 13.9. The highest BCUT2D eigenvalue weighted by molar-refractivity contribution is 6.10. The Morgan fingerprint density at radius 3 is 2.52 bits per heavy atom. The molecule has 1 aromatic carbocycles. The average Bonchev–Trinajstić information content (AvgIpc) is 3.28. The van der Waals surface area contributed by atoms with Crippen LogP contribution < -0.4 is 10.6 Å². The number of pyridine rings is 1. The molecule has 0 spiro atoms. The predicted molar refractivity (Wildman–Crippen MR) is 108 cm³/mol. The lowest BCUT2D eigenvalue weighted by molar-refractivity contribution is 0.101. The van der Waals surface area contributed by atoms with Crippen molar-refractivity contribution in [1.29, 1.82) is 0 Å². The van der Waals surface area contributed by atoms with Gasteiger partial charge in [0.05, 0.1) is 5.52 Å². The Bertz CT molecular complexity index is 1240. The van der Waals surface area contributed by atoms with Gasteiger partial charge in [-0.1, -0.05) is 17.3 Å². The molecule has 8 heteroatoms. The van der Waals surface area contributed by atoms with E-state index >= 15 is 0 Å². The first-order valence-corrected chi connectivity index (χ1v) is 9.03. The van der Waals surface area contributed by atoms with Gasteiger partial charge < -0.3 is 15.2 Å². The highest BCUT2D eigenvalue weighted by Crippen LogP contribution is 2.18. The van der Waals surface area contributed by atoms with Crippen LogP contribution in [0, 0.1) is 20.8 Å². The summed E-state index contributed by atoms with van der Waals surface area (Å²) >= 11 is 0. The van der Waals surface area contributed by atoms with Crippen LogP contribution in [0.1, 0.15) is 38.0 Å². The Kier molecular flexibility index (Phi) is 4.59. The molecule has 0 aliphatic rings. The zero-order chi connectivity index (χ0) is 20.5. The van der Waals surface area contributed by atoms with Gasteiger partial charge in [-0.2, -0.15) is 0 Å². The predicted octanol–water partition coefficient (Wildman–Crippen LogP) is 3.75. The van der Waals surface area contributed by atoms with Crippen molar-refractivity contribution in [3.8, 4) is 0 Å². The lowest BCUT2D eigenvalue weighted by Gasteiger charge is -2.07. The molecule has 2 amide bonds. The number of amides is 2. The average molecular weight is 389 g/mol. The monoisotopic (exact) mass is 389 g/mol. The van der Waals surface area contributed by atoms with Crippen molar-refractivity contribution in [2.24, 2.45) is 0 Å². The van der Waals surface area contributed by atoms with Gasteiger partial charge in [0.15, 0.2) is 11.5 Å². The zero-order valence-electron chi connectivity index (χ0n) is 16.2. The summed E-state index contributed by atoms with van der Waals surface area (Å²) in [5.41, 5.74) is 3.50. The van der Waals surface area contributed by atoms with Gasteiger partial charge in [-0.3, -0.25) is 14.0 Å². The summed E-state index contributed by atoms with van der Waals surface area (Å²) in [6.45, 7) is 5.71. The number of aryl methyl sites for hydroxylation is 3. The molecule has 0 bridgehead atoms. The number of carbonyl (C=O) groups is 2. The molecule has 0 aliphatic heterocycles. The number of hydrogen-bond acceptors (Lipinski definition) is 5. The van der Waals surface area contributed by atoms with Crippen molar-refractivity contribution >= 4 is 28.8 Å². The van der Waals surface area contributed by atoms with E-state index in [-0.39, 0.29) is 17.3 Å². The van der Waals surface area contributed by atoms with Crippen LogP contribution in [-0.2, 0) is 0 Å². The van der Waals surface area contributed by atoms with Gasteiger partial charge in [0, 0.05) is 18.0 Å². The largest absolute Gasteiger partial charge is 0.360 e. The first kappa shape index (κ1) is 18.4. The summed E-state index contributed by atoms with van der Waals surface area (Å²) in [6.07, 6.45) is 1.69. The van der Waals surface area contributed by atoms with E-state index in [0.717, 1.165) is 11.1 Å². The molecule has 29 heavy (non-hydrogen) atoms. The van der Waals surface area contributed by atoms with E-state index in [4.69, 9.17) is 4.52 Å². The number of nitrogens with zero attached hydrogens (tertiary/aromatic N) is 3. The minimum absolute atomic E-state index is 0.111. The smallest absolute Gasteiger partial charge is 0.292 e. The van der Waals surface area contributed by atoms with Crippen LogP contribution in [0.4, 0.5) is 11.5 Å². The Morgan fingerprint density at radius 2 is 1.79 bits per heavy atom. The van der Waals surface area contributed by atoms with Crippen LogP contribution in [0.3, 0.4) is 0 Å². The van der Waals surface area contributed by atoms with Crippen molar-refractivity contribution in [3.05, 3.63) is 77.1 Å². The number of anilines is 2. The zero-order valence-corrected chi connectivity index (χ0v) is 16.2. The number of carbonyl (C=O) groups excluding carboxylic acids is 2. The molecule has 4 rings (SSSR count). The Hall–Kier alpha value is -3.94. The number of rotatable bonds is 4. The standard InChI is InChI=1S/C21H19N5O3/c1-12-7-8-15(10-13(12)2)22-21(28)19-24-18(16-6-4-5-9-26(16)19)20(27)23-17-11-14(3)29-25-17/h4-11H,1-3H3,(H,22,28)(H,23,25,27). The second-order valence-corrected chi connectivity index (χ2v) is 6.77. The molecule has 0 saturated carbocycles.